The van der Waals surface area contributed by atoms with E-state index in [0.29, 0.717) is 5.92 Å². The van der Waals surface area contributed by atoms with Gasteiger partial charge in [0, 0.05) is 19.3 Å². The Hall–Kier alpha value is 0.230. The smallest absolute Gasteiger partial charge is 0.0808 e. The van der Waals surface area contributed by atoms with Gasteiger partial charge >= 0.3 is 0 Å². The molecule has 0 radical (unpaired) electrons. The molecule has 0 amide bonds. The molecule has 1 spiro atoms. The summed E-state index contributed by atoms with van der Waals surface area (Å²) in [7, 11) is 0. The molecular weight excluding hydrogens is 258 g/mol. The molecule has 0 aliphatic carbocycles. The minimum absolute atomic E-state index is 0.0907. The van der Waals surface area contributed by atoms with E-state index in [2.05, 4.69) is 18.7 Å². The van der Waals surface area contributed by atoms with Crippen molar-refractivity contribution in [2.45, 2.75) is 62.7 Å². The van der Waals surface area contributed by atoms with E-state index in [1.165, 1.54) is 24.3 Å². The summed E-state index contributed by atoms with van der Waals surface area (Å²) in [6.07, 6.45) is 6.95. The van der Waals surface area contributed by atoms with Crippen molar-refractivity contribution in [2.75, 3.05) is 24.7 Å². The fourth-order valence-electron chi connectivity index (χ4n) is 4.03. The first-order valence-corrected chi connectivity index (χ1v) is 8.90. The molecule has 3 rings (SSSR count). The number of hydrogen-bond acceptors (Lipinski definition) is 4. The van der Waals surface area contributed by atoms with Crippen molar-refractivity contribution in [1.82, 2.24) is 0 Å². The van der Waals surface area contributed by atoms with Gasteiger partial charge in [-0.15, -0.1) is 0 Å². The minimum Gasteiger partial charge on any atom is -0.375 e. The molecule has 3 heterocycles. The first kappa shape index (κ1) is 14.2. The molecule has 0 aromatic carbocycles. The fourth-order valence-corrected chi connectivity index (χ4v) is 5.26. The first-order valence-electron chi connectivity index (χ1n) is 7.75. The predicted octanol–water partition coefficient (Wildman–Crippen LogP) is 2.58. The van der Waals surface area contributed by atoms with Gasteiger partial charge in [0.1, 0.15) is 0 Å². The zero-order chi connectivity index (χ0) is 13.3. The van der Waals surface area contributed by atoms with E-state index in [0.717, 1.165) is 38.9 Å². The summed E-state index contributed by atoms with van der Waals surface area (Å²) in [6.45, 7) is 3.98. The van der Waals surface area contributed by atoms with Crippen molar-refractivity contribution in [2.24, 2.45) is 11.7 Å². The lowest BCUT2D eigenvalue weighted by molar-refractivity contribution is -0.120. The molecule has 3 unspecified atom stereocenters. The standard InChI is InChI=1S/C15H27NO2S/c1-14(4-2-7-17-14)13(16)12-3-8-18-15(11-12)5-9-19-10-6-15/h12-13H,2-11,16H2,1H3. The lowest BCUT2D eigenvalue weighted by Crippen LogP contribution is -2.55. The summed E-state index contributed by atoms with van der Waals surface area (Å²) in [6, 6.07) is 0.172. The molecule has 3 aliphatic heterocycles. The van der Waals surface area contributed by atoms with Crippen LogP contribution in [0.2, 0.25) is 0 Å². The van der Waals surface area contributed by atoms with Crippen LogP contribution < -0.4 is 5.73 Å². The summed E-state index contributed by atoms with van der Waals surface area (Å²) in [5.74, 6) is 3.06. The molecule has 3 fully saturated rings. The van der Waals surface area contributed by atoms with E-state index >= 15 is 0 Å². The highest BCUT2D eigenvalue weighted by Gasteiger charge is 2.46. The number of nitrogens with two attached hydrogens (primary N) is 1. The maximum Gasteiger partial charge on any atom is 0.0808 e. The molecule has 2 N–H and O–H groups in total. The highest BCUT2D eigenvalue weighted by molar-refractivity contribution is 7.99. The third-order valence-electron chi connectivity index (χ3n) is 5.40. The van der Waals surface area contributed by atoms with Gasteiger partial charge in [0.25, 0.3) is 0 Å². The van der Waals surface area contributed by atoms with Gasteiger partial charge in [0.15, 0.2) is 0 Å². The molecule has 3 aliphatic rings. The second-order valence-electron chi connectivity index (χ2n) is 6.69. The zero-order valence-corrected chi connectivity index (χ0v) is 12.8. The number of ether oxygens (including phenoxy) is 2. The van der Waals surface area contributed by atoms with Crippen molar-refractivity contribution >= 4 is 11.8 Å². The molecule has 19 heavy (non-hydrogen) atoms. The van der Waals surface area contributed by atoms with Gasteiger partial charge in [-0.3, -0.25) is 0 Å². The minimum atomic E-state index is -0.0907. The maximum atomic E-state index is 6.59. The van der Waals surface area contributed by atoms with Crippen molar-refractivity contribution in [1.29, 1.82) is 0 Å². The first-order chi connectivity index (χ1) is 9.14. The maximum absolute atomic E-state index is 6.59. The van der Waals surface area contributed by atoms with Gasteiger partial charge in [0.2, 0.25) is 0 Å². The van der Waals surface area contributed by atoms with E-state index < -0.39 is 0 Å². The second-order valence-corrected chi connectivity index (χ2v) is 7.91. The molecule has 3 atom stereocenters. The summed E-state index contributed by atoms with van der Waals surface area (Å²) < 4.78 is 12.1. The quantitative estimate of drug-likeness (QED) is 0.847. The van der Waals surface area contributed by atoms with Gasteiger partial charge in [-0.25, -0.2) is 0 Å². The van der Waals surface area contributed by atoms with Gasteiger partial charge < -0.3 is 15.2 Å². The van der Waals surface area contributed by atoms with Gasteiger partial charge in [-0.1, -0.05) is 0 Å². The summed E-state index contributed by atoms with van der Waals surface area (Å²) in [4.78, 5) is 0. The lowest BCUT2D eigenvalue weighted by Gasteiger charge is -2.47. The van der Waals surface area contributed by atoms with Crippen LogP contribution in [0.25, 0.3) is 0 Å². The van der Waals surface area contributed by atoms with Crippen LogP contribution in [0.15, 0.2) is 0 Å². The van der Waals surface area contributed by atoms with E-state index in [4.69, 9.17) is 15.2 Å². The third-order valence-corrected chi connectivity index (χ3v) is 6.38. The van der Waals surface area contributed by atoms with Gasteiger partial charge in [-0.2, -0.15) is 11.8 Å². The molecule has 3 nitrogen and oxygen atoms in total. The molecule has 0 bridgehead atoms. The highest BCUT2D eigenvalue weighted by Crippen LogP contribution is 2.43. The van der Waals surface area contributed by atoms with Crippen molar-refractivity contribution in [3.05, 3.63) is 0 Å². The Balaban J connectivity index is 1.67. The molecule has 0 aromatic heterocycles. The monoisotopic (exact) mass is 285 g/mol. The van der Waals surface area contributed by atoms with Crippen LogP contribution in [0, 0.1) is 5.92 Å². The van der Waals surface area contributed by atoms with E-state index in [-0.39, 0.29) is 17.2 Å². The van der Waals surface area contributed by atoms with Crippen molar-refractivity contribution in [3.63, 3.8) is 0 Å². The van der Waals surface area contributed by atoms with Crippen LogP contribution in [0.3, 0.4) is 0 Å². The Bertz CT molecular complexity index is 306. The molecule has 4 heteroatoms. The van der Waals surface area contributed by atoms with Crippen LogP contribution in [0.4, 0.5) is 0 Å². The predicted molar refractivity (Wildman–Crippen MR) is 79.5 cm³/mol. The van der Waals surface area contributed by atoms with E-state index in [9.17, 15) is 0 Å². The zero-order valence-electron chi connectivity index (χ0n) is 12.0. The summed E-state index contributed by atoms with van der Waals surface area (Å²) in [5.41, 5.74) is 6.64. The average Bonchev–Trinajstić information content (AvgIpc) is 2.87. The number of rotatable bonds is 2. The summed E-state index contributed by atoms with van der Waals surface area (Å²) in [5, 5.41) is 0. The molecular formula is C15H27NO2S. The van der Waals surface area contributed by atoms with Crippen molar-refractivity contribution in [3.8, 4) is 0 Å². The second kappa shape index (κ2) is 5.55. The van der Waals surface area contributed by atoms with Crippen LogP contribution in [-0.2, 0) is 9.47 Å². The number of hydrogen-bond donors (Lipinski definition) is 1. The van der Waals surface area contributed by atoms with Crippen LogP contribution >= 0.6 is 11.8 Å². The summed E-state index contributed by atoms with van der Waals surface area (Å²) >= 11 is 2.06. The topological polar surface area (TPSA) is 44.5 Å². The molecule has 3 saturated heterocycles. The Morgan fingerprint density at radius 1 is 1.16 bits per heavy atom. The molecule has 110 valence electrons. The molecule has 0 saturated carbocycles. The largest absolute Gasteiger partial charge is 0.375 e. The lowest BCUT2D eigenvalue weighted by atomic mass is 9.74. The van der Waals surface area contributed by atoms with E-state index in [1.807, 2.05) is 0 Å². The fraction of sp³-hybridized carbons (Fsp3) is 1.00. The highest BCUT2D eigenvalue weighted by atomic mass is 32.2. The normalized spacial score (nSPS) is 40.4. The number of thioether (sulfide) groups is 1. The third kappa shape index (κ3) is 2.82. The Labute approximate surface area is 121 Å². The van der Waals surface area contributed by atoms with Gasteiger partial charge in [-0.05, 0) is 62.9 Å². The van der Waals surface area contributed by atoms with E-state index in [1.54, 1.807) is 0 Å². The Morgan fingerprint density at radius 2 is 1.95 bits per heavy atom. The Morgan fingerprint density at radius 3 is 2.63 bits per heavy atom. The van der Waals surface area contributed by atoms with Crippen LogP contribution in [0.5, 0.6) is 0 Å². The van der Waals surface area contributed by atoms with Crippen molar-refractivity contribution < 1.29 is 9.47 Å². The SMILES string of the molecule is CC1(C(N)C2CCOC3(CCSCC3)C2)CCCO1. The van der Waals surface area contributed by atoms with Crippen LogP contribution in [-0.4, -0.2) is 42.0 Å². The van der Waals surface area contributed by atoms with Gasteiger partial charge in [0.05, 0.1) is 11.2 Å². The van der Waals surface area contributed by atoms with Crippen LogP contribution in [0.1, 0.15) is 45.4 Å². The molecule has 0 aromatic rings. The average molecular weight is 285 g/mol. The Kier molecular flexibility index (Phi) is 4.14.